The van der Waals surface area contributed by atoms with Gasteiger partial charge in [0.05, 0.1) is 5.56 Å². The average molecular weight is 446 g/mol. The molecule has 0 aliphatic carbocycles. The topological polar surface area (TPSA) is 75.6 Å². The van der Waals surface area contributed by atoms with Crippen molar-refractivity contribution < 1.29 is 32.6 Å². The van der Waals surface area contributed by atoms with Crippen molar-refractivity contribution in [1.29, 1.82) is 0 Å². The van der Waals surface area contributed by atoms with Gasteiger partial charge in [-0.1, -0.05) is 32.0 Å². The van der Waals surface area contributed by atoms with Gasteiger partial charge in [0.2, 0.25) is 6.41 Å². The standard InChI is InChI=1S/C21H22F3NO4.ClH/c1-12(2)19(27)16-6-7-17(18(20(16)28)21(22,23)24)29-10-14-4-5-15(9-25-11-26)13(3)8-14;/h4-8,11-12,28H,9-10H2,1-3H3,(H,25,26);1H. The van der Waals surface area contributed by atoms with E-state index in [0.717, 1.165) is 23.3 Å². The molecule has 0 radical (unpaired) electrons. The van der Waals surface area contributed by atoms with E-state index in [1.807, 2.05) is 6.92 Å². The molecule has 0 atom stereocenters. The zero-order chi connectivity index (χ0) is 21.8. The van der Waals surface area contributed by atoms with E-state index in [2.05, 4.69) is 5.32 Å². The third-order valence-electron chi connectivity index (χ3n) is 4.39. The molecule has 5 nitrogen and oxygen atoms in total. The van der Waals surface area contributed by atoms with Crippen LogP contribution >= 0.6 is 12.4 Å². The van der Waals surface area contributed by atoms with E-state index in [9.17, 15) is 27.9 Å². The first-order chi connectivity index (χ1) is 13.6. The van der Waals surface area contributed by atoms with E-state index in [0.29, 0.717) is 18.5 Å². The first kappa shape index (κ1) is 25.3. The number of rotatable bonds is 8. The maximum Gasteiger partial charge on any atom is 0.423 e. The maximum atomic E-state index is 13.5. The minimum Gasteiger partial charge on any atom is -0.506 e. The molecule has 30 heavy (non-hydrogen) atoms. The number of ketones is 1. The maximum absolute atomic E-state index is 13.5. The van der Waals surface area contributed by atoms with Crippen LogP contribution in [0.15, 0.2) is 30.3 Å². The number of hydrogen-bond donors (Lipinski definition) is 2. The lowest BCUT2D eigenvalue weighted by Gasteiger charge is -2.18. The highest BCUT2D eigenvalue weighted by Crippen LogP contribution is 2.44. The smallest absolute Gasteiger partial charge is 0.423 e. The molecule has 2 N–H and O–H groups in total. The highest BCUT2D eigenvalue weighted by atomic mass is 35.5. The van der Waals surface area contributed by atoms with Gasteiger partial charge in [0.1, 0.15) is 23.7 Å². The lowest BCUT2D eigenvalue weighted by molar-refractivity contribution is -0.140. The summed E-state index contributed by atoms with van der Waals surface area (Å²) < 4.78 is 45.9. The summed E-state index contributed by atoms with van der Waals surface area (Å²) in [5.41, 5.74) is 0.575. The molecule has 9 heteroatoms. The van der Waals surface area contributed by atoms with Gasteiger partial charge in [-0.3, -0.25) is 9.59 Å². The van der Waals surface area contributed by atoms with Gasteiger partial charge in [-0.25, -0.2) is 0 Å². The average Bonchev–Trinajstić information content (AvgIpc) is 2.64. The van der Waals surface area contributed by atoms with Gasteiger partial charge < -0.3 is 15.2 Å². The predicted molar refractivity (Wildman–Crippen MR) is 108 cm³/mol. The molecule has 0 heterocycles. The number of nitrogens with one attached hydrogen (secondary N) is 1. The molecule has 0 spiro atoms. The van der Waals surface area contributed by atoms with Crippen molar-refractivity contribution in [2.24, 2.45) is 5.92 Å². The van der Waals surface area contributed by atoms with Crippen LogP contribution in [-0.2, 0) is 24.1 Å². The Morgan fingerprint density at radius 1 is 1.23 bits per heavy atom. The van der Waals surface area contributed by atoms with E-state index < -0.39 is 34.9 Å². The summed E-state index contributed by atoms with van der Waals surface area (Å²) in [6, 6.07) is 7.36. The molecule has 0 aliphatic heterocycles. The Bertz CT molecular complexity index is 914. The molecule has 0 aliphatic rings. The van der Waals surface area contributed by atoms with Crippen molar-refractivity contribution >= 4 is 24.6 Å². The second-order valence-corrected chi connectivity index (χ2v) is 6.90. The number of phenolic OH excluding ortho intramolecular Hbond substituents is 1. The second kappa shape index (κ2) is 10.3. The first-order valence-corrected chi connectivity index (χ1v) is 8.91. The summed E-state index contributed by atoms with van der Waals surface area (Å²) in [6.45, 7) is 5.06. The third kappa shape index (κ3) is 5.89. The molecule has 1 amide bonds. The summed E-state index contributed by atoms with van der Waals surface area (Å²) in [4.78, 5) is 22.5. The van der Waals surface area contributed by atoms with Crippen LogP contribution in [0.4, 0.5) is 13.2 Å². The van der Waals surface area contributed by atoms with Crippen LogP contribution in [0.1, 0.15) is 46.5 Å². The number of carbonyl (C=O) groups is 2. The molecule has 0 saturated carbocycles. The van der Waals surface area contributed by atoms with Crippen LogP contribution in [0.2, 0.25) is 0 Å². The van der Waals surface area contributed by atoms with Gasteiger partial charge in [0.15, 0.2) is 5.78 Å². The van der Waals surface area contributed by atoms with Crippen molar-refractivity contribution in [3.63, 3.8) is 0 Å². The van der Waals surface area contributed by atoms with E-state index >= 15 is 0 Å². The van der Waals surface area contributed by atoms with Gasteiger partial charge >= 0.3 is 6.18 Å². The number of aryl methyl sites for hydroxylation is 1. The number of halogens is 4. The second-order valence-electron chi connectivity index (χ2n) is 6.90. The van der Waals surface area contributed by atoms with Gasteiger partial charge in [0.25, 0.3) is 0 Å². The Balaban J connectivity index is 0.00000450. The summed E-state index contributed by atoms with van der Waals surface area (Å²) in [5.74, 6) is -2.83. The van der Waals surface area contributed by atoms with Gasteiger partial charge in [-0.2, -0.15) is 13.2 Å². The van der Waals surface area contributed by atoms with Crippen LogP contribution in [0.25, 0.3) is 0 Å². The van der Waals surface area contributed by atoms with Crippen molar-refractivity contribution in [2.75, 3.05) is 0 Å². The molecule has 2 aromatic carbocycles. The Labute approximate surface area is 178 Å². The minimum atomic E-state index is -4.90. The summed E-state index contributed by atoms with van der Waals surface area (Å²) in [6.07, 6.45) is -4.32. The van der Waals surface area contributed by atoms with Gasteiger partial charge in [0, 0.05) is 12.5 Å². The number of alkyl halides is 3. The molecule has 2 rings (SSSR count). The van der Waals surface area contributed by atoms with Crippen LogP contribution in [0.5, 0.6) is 11.5 Å². The molecule has 0 saturated heterocycles. The van der Waals surface area contributed by atoms with Gasteiger partial charge in [-0.15, -0.1) is 12.4 Å². The number of Topliss-reactive ketones (excluding diaryl/α,β-unsaturated/α-hetero) is 1. The van der Waals surface area contributed by atoms with Crippen molar-refractivity contribution in [1.82, 2.24) is 5.32 Å². The zero-order valence-corrected chi connectivity index (χ0v) is 17.5. The predicted octanol–water partition coefficient (Wildman–Crippen LogP) is 4.80. The van der Waals surface area contributed by atoms with Crippen molar-refractivity contribution in [2.45, 2.75) is 40.1 Å². The monoisotopic (exact) mass is 445 g/mol. The number of amides is 1. The lowest BCUT2D eigenvalue weighted by atomic mass is 9.97. The fourth-order valence-corrected chi connectivity index (χ4v) is 2.84. The highest BCUT2D eigenvalue weighted by molar-refractivity contribution is 6.00. The fraction of sp³-hybridized carbons (Fsp3) is 0.333. The minimum absolute atomic E-state index is 0. The number of hydrogen-bond acceptors (Lipinski definition) is 4. The fourth-order valence-electron chi connectivity index (χ4n) is 2.84. The lowest BCUT2D eigenvalue weighted by Crippen LogP contribution is -2.14. The Morgan fingerprint density at radius 2 is 1.90 bits per heavy atom. The van der Waals surface area contributed by atoms with Crippen molar-refractivity contribution in [3.8, 4) is 11.5 Å². The molecular weight excluding hydrogens is 423 g/mol. The molecule has 0 unspecified atom stereocenters. The summed E-state index contributed by atoms with van der Waals surface area (Å²) in [7, 11) is 0. The number of aromatic hydroxyl groups is 1. The summed E-state index contributed by atoms with van der Waals surface area (Å²) in [5, 5.41) is 12.7. The first-order valence-electron chi connectivity index (χ1n) is 8.91. The highest BCUT2D eigenvalue weighted by Gasteiger charge is 2.39. The largest absolute Gasteiger partial charge is 0.506 e. The number of ether oxygens (including phenoxy) is 1. The quantitative estimate of drug-likeness (QED) is 0.452. The van der Waals surface area contributed by atoms with Crippen LogP contribution in [0, 0.1) is 12.8 Å². The SMILES string of the molecule is Cc1cc(COc2ccc(C(=O)C(C)C)c(O)c2C(F)(F)F)ccc1CNC=O.Cl. The van der Waals surface area contributed by atoms with E-state index in [1.165, 1.54) is 13.8 Å². The summed E-state index contributed by atoms with van der Waals surface area (Å²) >= 11 is 0. The normalized spacial score (nSPS) is 11.0. The third-order valence-corrected chi connectivity index (χ3v) is 4.39. The van der Waals surface area contributed by atoms with Gasteiger partial charge in [-0.05, 0) is 35.7 Å². The van der Waals surface area contributed by atoms with E-state index in [1.54, 1.807) is 18.2 Å². The Kier molecular flexibility index (Phi) is 8.72. The van der Waals surface area contributed by atoms with Crippen molar-refractivity contribution in [3.05, 3.63) is 58.1 Å². The molecule has 0 fully saturated rings. The molecule has 0 bridgehead atoms. The molecule has 164 valence electrons. The van der Waals surface area contributed by atoms with Crippen LogP contribution < -0.4 is 10.1 Å². The van der Waals surface area contributed by atoms with E-state index in [-0.39, 0.29) is 24.6 Å². The number of carbonyl (C=O) groups excluding carboxylic acids is 2. The molecule has 2 aromatic rings. The molecular formula is C21H23ClF3NO4. The Hall–Kier alpha value is -2.74. The number of phenols is 1. The Morgan fingerprint density at radius 3 is 2.43 bits per heavy atom. The van der Waals surface area contributed by atoms with Crippen LogP contribution in [0.3, 0.4) is 0 Å². The number of benzene rings is 2. The van der Waals surface area contributed by atoms with Crippen LogP contribution in [-0.4, -0.2) is 17.3 Å². The zero-order valence-electron chi connectivity index (χ0n) is 16.7. The van der Waals surface area contributed by atoms with E-state index in [4.69, 9.17) is 4.74 Å². The molecule has 0 aromatic heterocycles.